The number of aldehydes is 1. The number of benzene rings is 1. The number of hydrogen-bond donors (Lipinski definition) is 1. The molecule has 1 aromatic carbocycles. The van der Waals surface area contributed by atoms with Crippen molar-refractivity contribution in [2.75, 3.05) is 20.2 Å². The highest BCUT2D eigenvalue weighted by atomic mass is 16.5. The summed E-state index contributed by atoms with van der Waals surface area (Å²) in [7, 11) is 1.60. The molecule has 0 amide bonds. The number of nitrogens with zero attached hydrogens (tertiary/aromatic N) is 2. The lowest BCUT2D eigenvalue weighted by atomic mass is 9.77. The maximum Gasteiger partial charge on any atom is 0.269 e. The van der Waals surface area contributed by atoms with Crippen molar-refractivity contribution in [3.63, 3.8) is 0 Å². The SMILES string of the molecule is COc1ccc2ncc(=O)n(CCCC3(C=O)CCNCC3)c2c1. The van der Waals surface area contributed by atoms with Crippen molar-refractivity contribution in [2.24, 2.45) is 5.41 Å². The Labute approximate surface area is 140 Å². The molecule has 1 saturated heterocycles. The monoisotopic (exact) mass is 329 g/mol. The summed E-state index contributed by atoms with van der Waals surface area (Å²) in [5.41, 5.74) is 1.17. The predicted molar refractivity (Wildman–Crippen MR) is 92.4 cm³/mol. The van der Waals surface area contributed by atoms with Crippen molar-refractivity contribution in [3.05, 3.63) is 34.7 Å². The van der Waals surface area contributed by atoms with E-state index < -0.39 is 0 Å². The fourth-order valence-electron chi connectivity index (χ4n) is 3.44. The van der Waals surface area contributed by atoms with Crippen LogP contribution >= 0.6 is 0 Å². The highest BCUT2D eigenvalue weighted by molar-refractivity contribution is 5.76. The fourth-order valence-corrected chi connectivity index (χ4v) is 3.44. The molecule has 0 unspecified atom stereocenters. The van der Waals surface area contributed by atoms with Crippen LogP contribution in [-0.2, 0) is 11.3 Å². The Morgan fingerprint density at radius 2 is 2.17 bits per heavy atom. The van der Waals surface area contributed by atoms with Crippen molar-refractivity contribution in [1.82, 2.24) is 14.9 Å². The fraction of sp³-hybridized carbons (Fsp3) is 0.500. The molecule has 2 heterocycles. The topological polar surface area (TPSA) is 73.2 Å². The standard InChI is InChI=1S/C18H23N3O3/c1-24-14-3-4-15-16(11-14)21(17(23)12-20-15)10-2-5-18(13-22)6-8-19-9-7-18/h3-4,11-13,19H,2,5-10H2,1H3. The van der Waals surface area contributed by atoms with Gasteiger partial charge in [0.25, 0.3) is 5.56 Å². The van der Waals surface area contributed by atoms with Crippen molar-refractivity contribution in [1.29, 1.82) is 0 Å². The zero-order valence-corrected chi connectivity index (χ0v) is 14.0. The van der Waals surface area contributed by atoms with Gasteiger partial charge in [-0.15, -0.1) is 0 Å². The van der Waals surface area contributed by atoms with Gasteiger partial charge in [-0.1, -0.05) is 0 Å². The van der Waals surface area contributed by atoms with Gasteiger partial charge < -0.3 is 19.4 Å². The van der Waals surface area contributed by atoms with Gasteiger partial charge in [-0.25, -0.2) is 4.98 Å². The number of hydrogen-bond acceptors (Lipinski definition) is 5. The van der Waals surface area contributed by atoms with E-state index in [2.05, 4.69) is 10.3 Å². The summed E-state index contributed by atoms with van der Waals surface area (Å²) >= 11 is 0. The third-order valence-corrected chi connectivity index (χ3v) is 4.96. The molecule has 3 rings (SSSR count). The summed E-state index contributed by atoms with van der Waals surface area (Å²) in [6.07, 6.45) is 5.80. The first-order valence-electron chi connectivity index (χ1n) is 8.38. The molecule has 0 aliphatic carbocycles. The largest absolute Gasteiger partial charge is 0.497 e. The molecule has 1 fully saturated rings. The molecule has 6 heteroatoms. The number of aromatic nitrogens is 2. The van der Waals surface area contributed by atoms with Crippen LogP contribution in [-0.4, -0.2) is 36.0 Å². The lowest BCUT2D eigenvalue weighted by Gasteiger charge is -2.32. The Morgan fingerprint density at radius 3 is 2.88 bits per heavy atom. The van der Waals surface area contributed by atoms with Crippen LogP contribution in [0.2, 0.25) is 0 Å². The molecule has 6 nitrogen and oxygen atoms in total. The summed E-state index contributed by atoms with van der Waals surface area (Å²) < 4.78 is 6.98. The predicted octanol–water partition coefficient (Wildman–Crippen LogP) is 1.75. The number of methoxy groups -OCH3 is 1. The second-order valence-electron chi connectivity index (χ2n) is 6.44. The highest BCUT2D eigenvalue weighted by Gasteiger charge is 2.30. The first-order valence-corrected chi connectivity index (χ1v) is 8.38. The number of aryl methyl sites for hydroxylation is 1. The maximum atomic E-state index is 12.2. The molecule has 1 aliphatic rings. The third kappa shape index (κ3) is 3.33. The zero-order valence-electron chi connectivity index (χ0n) is 14.0. The van der Waals surface area contributed by atoms with E-state index in [9.17, 15) is 9.59 Å². The summed E-state index contributed by atoms with van der Waals surface area (Å²) in [6, 6.07) is 5.52. The van der Waals surface area contributed by atoms with Gasteiger partial charge in [0.2, 0.25) is 0 Å². The van der Waals surface area contributed by atoms with E-state index in [1.165, 1.54) is 6.20 Å². The van der Waals surface area contributed by atoms with Crippen LogP contribution < -0.4 is 15.6 Å². The van der Waals surface area contributed by atoms with Crippen LogP contribution in [0.5, 0.6) is 5.75 Å². The minimum atomic E-state index is -0.241. The normalized spacial score (nSPS) is 16.9. The average Bonchev–Trinajstić information content (AvgIpc) is 2.64. The maximum absolute atomic E-state index is 12.2. The Bertz CT molecular complexity index is 779. The second-order valence-corrected chi connectivity index (χ2v) is 6.44. The van der Waals surface area contributed by atoms with E-state index in [-0.39, 0.29) is 11.0 Å². The van der Waals surface area contributed by atoms with Crippen LogP contribution in [0.1, 0.15) is 25.7 Å². The van der Waals surface area contributed by atoms with Gasteiger partial charge in [-0.05, 0) is 50.9 Å². The first-order chi connectivity index (χ1) is 11.7. The van der Waals surface area contributed by atoms with Crippen LogP contribution in [0.15, 0.2) is 29.2 Å². The molecule has 0 bridgehead atoms. The van der Waals surface area contributed by atoms with E-state index in [0.717, 1.165) is 56.1 Å². The zero-order chi connectivity index (χ0) is 17.0. The second kappa shape index (κ2) is 7.13. The summed E-state index contributed by atoms with van der Waals surface area (Å²) in [4.78, 5) is 28.0. The molecule has 2 aromatic rings. The quantitative estimate of drug-likeness (QED) is 0.818. The summed E-state index contributed by atoms with van der Waals surface area (Å²) in [6.45, 7) is 2.34. The van der Waals surface area contributed by atoms with Crippen LogP contribution in [0.25, 0.3) is 11.0 Å². The van der Waals surface area contributed by atoms with Gasteiger partial charge in [-0.2, -0.15) is 0 Å². The van der Waals surface area contributed by atoms with Crippen molar-refractivity contribution < 1.29 is 9.53 Å². The van der Waals surface area contributed by atoms with E-state index >= 15 is 0 Å². The molecule has 1 N–H and O–H groups in total. The lowest BCUT2D eigenvalue weighted by Crippen LogP contribution is -2.38. The molecule has 24 heavy (non-hydrogen) atoms. The van der Waals surface area contributed by atoms with E-state index in [1.807, 2.05) is 18.2 Å². The molecule has 128 valence electrons. The lowest BCUT2D eigenvalue weighted by molar-refractivity contribution is -0.118. The Balaban J connectivity index is 1.80. The summed E-state index contributed by atoms with van der Waals surface area (Å²) in [5, 5.41) is 3.29. The Kier molecular flexibility index (Phi) is 4.94. The molecule has 1 aromatic heterocycles. The third-order valence-electron chi connectivity index (χ3n) is 4.96. The minimum Gasteiger partial charge on any atom is -0.497 e. The van der Waals surface area contributed by atoms with Gasteiger partial charge >= 0.3 is 0 Å². The molecule has 0 saturated carbocycles. The number of carbonyl (C=O) groups is 1. The van der Waals surface area contributed by atoms with Crippen molar-refractivity contribution >= 4 is 17.3 Å². The first kappa shape index (κ1) is 16.6. The van der Waals surface area contributed by atoms with Gasteiger partial charge in [0.1, 0.15) is 12.0 Å². The smallest absolute Gasteiger partial charge is 0.269 e. The van der Waals surface area contributed by atoms with E-state index in [0.29, 0.717) is 12.3 Å². The number of fused-ring (bicyclic) bond motifs is 1. The summed E-state index contributed by atoms with van der Waals surface area (Å²) in [5.74, 6) is 0.700. The molecule has 1 aliphatic heterocycles. The molecule has 0 atom stereocenters. The molecular weight excluding hydrogens is 306 g/mol. The van der Waals surface area contributed by atoms with Crippen LogP contribution in [0.3, 0.4) is 0 Å². The number of piperidine rings is 1. The molecular formula is C18H23N3O3. The van der Waals surface area contributed by atoms with Crippen LogP contribution in [0.4, 0.5) is 0 Å². The van der Waals surface area contributed by atoms with E-state index in [4.69, 9.17) is 4.74 Å². The average molecular weight is 329 g/mol. The van der Waals surface area contributed by atoms with E-state index in [1.54, 1.807) is 11.7 Å². The molecule has 0 radical (unpaired) electrons. The number of nitrogens with one attached hydrogen (secondary N) is 1. The van der Waals surface area contributed by atoms with Crippen molar-refractivity contribution in [2.45, 2.75) is 32.2 Å². The van der Waals surface area contributed by atoms with Gasteiger partial charge in [0.15, 0.2) is 0 Å². The van der Waals surface area contributed by atoms with Gasteiger partial charge in [0.05, 0.1) is 24.3 Å². The number of ether oxygens (including phenoxy) is 1. The van der Waals surface area contributed by atoms with Gasteiger partial charge in [-0.3, -0.25) is 4.79 Å². The van der Waals surface area contributed by atoms with Crippen LogP contribution in [0, 0.1) is 5.41 Å². The number of carbonyl (C=O) groups excluding carboxylic acids is 1. The molecule has 0 spiro atoms. The minimum absolute atomic E-state index is 0.124. The van der Waals surface area contributed by atoms with Crippen molar-refractivity contribution in [3.8, 4) is 5.75 Å². The Morgan fingerprint density at radius 1 is 1.38 bits per heavy atom. The Hall–Kier alpha value is -2.21. The van der Waals surface area contributed by atoms with Gasteiger partial charge in [0, 0.05) is 18.0 Å². The highest BCUT2D eigenvalue weighted by Crippen LogP contribution is 2.31. The number of rotatable bonds is 6.